The third-order valence-corrected chi connectivity index (χ3v) is 4.61. The van der Waals surface area contributed by atoms with E-state index >= 15 is 0 Å². The van der Waals surface area contributed by atoms with Crippen LogP contribution in [0.1, 0.15) is 16.7 Å². The molecule has 138 valence electrons. The van der Waals surface area contributed by atoms with Crippen molar-refractivity contribution in [3.8, 4) is 23.3 Å². The van der Waals surface area contributed by atoms with Gasteiger partial charge in [-0.2, -0.15) is 5.26 Å². The van der Waals surface area contributed by atoms with Crippen molar-refractivity contribution in [2.75, 3.05) is 5.32 Å². The molecule has 1 aliphatic rings. The van der Waals surface area contributed by atoms with E-state index in [0.717, 1.165) is 22.6 Å². The van der Waals surface area contributed by atoms with Crippen LogP contribution in [-0.2, 0) is 11.2 Å². The minimum atomic E-state index is -0.522. The van der Waals surface area contributed by atoms with Crippen LogP contribution in [0.5, 0.6) is 17.2 Å². The lowest BCUT2D eigenvalue weighted by Gasteiger charge is -2.14. The third-order valence-electron chi connectivity index (χ3n) is 4.61. The van der Waals surface area contributed by atoms with E-state index in [1.807, 2.05) is 43.3 Å². The fourth-order valence-electron chi connectivity index (χ4n) is 3.12. The molecular weight excluding hydrogens is 352 g/mol. The molecule has 1 amide bonds. The molecule has 0 bridgehead atoms. The number of hydrogen-bond acceptors (Lipinski definition) is 4. The third kappa shape index (κ3) is 3.67. The zero-order chi connectivity index (χ0) is 19.5. The number of hydrogen-bond donors (Lipinski definition) is 1. The van der Waals surface area contributed by atoms with Crippen molar-refractivity contribution < 1.29 is 14.3 Å². The first kappa shape index (κ1) is 17.6. The van der Waals surface area contributed by atoms with Crippen molar-refractivity contribution in [3.05, 3.63) is 83.4 Å². The first-order valence-corrected chi connectivity index (χ1v) is 8.96. The second-order valence-electron chi connectivity index (χ2n) is 6.62. The minimum absolute atomic E-state index is 0.167. The smallest absolute Gasteiger partial charge is 0.265 e. The summed E-state index contributed by atoms with van der Waals surface area (Å²) < 4.78 is 11.6. The van der Waals surface area contributed by atoms with Crippen molar-refractivity contribution >= 4 is 11.6 Å². The Bertz CT molecular complexity index is 1040. The van der Waals surface area contributed by atoms with Gasteiger partial charge in [-0.3, -0.25) is 4.79 Å². The van der Waals surface area contributed by atoms with E-state index < -0.39 is 6.10 Å². The molecule has 1 N–H and O–H groups in total. The van der Waals surface area contributed by atoms with E-state index in [0.29, 0.717) is 23.5 Å². The lowest BCUT2D eigenvalue weighted by Crippen LogP contribution is -2.31. The normalized spacial score (nSPS) is 14.5. The second kappa shape index (κ2) is 7.45. The van der Waals surface area contributed by atoms with Crippen LogP contribution in [0.15, 0.2) is 66.7 Å². The van der Waals surface area contributed by atoms with Crippen LogP contribution >= 0.6 is 0 Å². The summed E-state index contributed by atoms with van der Waals surface area (Å²) in [6.45, 7) is 1.91. The quantitative estimate of drug-likeness (QED) is 0.728. The van der Waals surface area contributed by atoms with Crippen molar-refractivity contribution in [3.63, 3.8) is 0 Å². The van der Waals surface area contributed by atoms with E-state index in [2.05, 4.69) is 11.4 Å². The molecule has 4 rings (SSSR count). The van der Waals surface area contributed by atoms with Gasteiger partial charge in [-0.15, -0.1) is 0 Å². The van der Waals surface area contributed by atoms with Crippen molar-refractivity contribution in [1.82, 2.24) is 0 Å². The molecule has 0 aliphatic carbocycles. The Morgan fingerprint density at radius 3 is 2.57 bits per heavy atom. The van der Waals surface area contributed by atoms with Crippen LogP contribution in [0.25, 0.3) is 0 Å². The molecule has 0 saturated heterocycles. The Balaban J connectivity index is 1.42. The molecule has 0 saturated carbocycles. The zero-order valence-electron chi connectivity index (χ0n) is 15.3. The fourth-order valence-corrected chi connectivity index (χ4v) is 3.12. The number of nitriles is 1. The Kier molecular flexibility index (Phi) is 4.69. The number of ether oxygens (including phenoxy) is 2. The number of carbonyl (C=O) groups is 1. The number of para-hydroxylation sites is 1. The molecule has 28 heavy (non-hydrogen) atoms. The summed E-state index contributed by atoms with van der Waals surface area (Å²) in [6, 6.07) is 22.1. The highest BCUT2D eigenvalue weighted by Crippen LogP contribution is 2.30. The molecule has 1 atom stereocenters. The van der Waals surface area contributed by atoms with Crippen LogP contribution in [0, 0.1) is 18.3 Å². The molecule has 0 spiro atoms. The number of amides is 1. The molecule has 3 aromatic carbocycles. The number of rotatable bonds is 4. The fraction of sp³-hybridized carbons (Fsp3) is 0.130. The van der Waals surface area contributed by atoms with Gasteiger partial charge in [-0.05, 0) is 66.6 Å². The molecule has 0 fully saturated rings. The van der Waals surface area contributed by atoms with Gasteiger partial charge in [0.05, 0.1) is 11.6 Å². The molecule has 5 heteroatoms. The average Bonchev–Trinajstić information content (AvgIpc) is 3.15. The number of nitrogens with zero attached hydrogens (tertiary/aromatic N) is 1. The highest BCUT2D eigenvalue weighted by atomic mass is 16.5. The Morgan fingerprint density at radius 1 is 1.11 bits per heavy atom. The van der Waals surface area contributed by atoms with E-state index in [4.69, 9.17) is 14.7 Å². The Labute approximate surface area is 163 Å². The van der Waals surface area contributed by atoms with Gasteiger partial charge in [-0.1, -0.05) is 18.2 Å². The molecular formula is C23H18N2O3. The van der Waals surface area contributed by atoms with Gasteiger partial charge in [0.15, 0.2) is 6.10 Å². The van der Waals surface area contributed by atoms with Gasteiger partial charge < -0.3 is 14.8 Å². The summed E-state index contributed by atoms with van der Waals surface area (Å²) in [5.41, 5.74) is 3.23. The van der Waals surface area contributed by atoms with Gasteiger partial charge >= 0.3 is 0 Å². The monoisotopic (exact) mass is 370 g/mol. The average molecular weight is 370 g/mol. The Morgan fingerprint density at radius 2 is 1.86 bits per heavy atom. The largest absolute Gasteiger partial charge is 0.480 e. The van der Waals surface area contributed by atoms with Crippen LogP contribution in [-0.4, -0.2) is 12.0 Å². The predicted molar refractivity (Wildman–Crippen MR) is 106 cm³/mol. The summed E-state index contributed by atoms with van der Waals surface area (Å²) in [4.78, 5) is 12.6. The molecule has 0 aromatic heterocycles. The number of aryl methyl sites for hydroxylation is 1. The number of carbonyl (C=O) groups excluding carboxylic acids is 1. The van der Waals surface area contributed by atoms with Gasteiger partial charge in [0.25, 0.3) is 5.91 Å². The van der Waals surface area contributed by atoms with Gasteiger partial charge in [0.2, 0.25) is 0 Å². The second-order valence-corrected chi connectivity index (χ2v) is 6.62. The standard InChI is InChI=1S/C23H18N2O3/c1-15-12-19(27-18-8-6-16(14-24)7-9-18)10-11-20(15)25-23(26)22-13-17-4-2-3-5-21(17)28-22/h2-12,22H,13H2,1H3,(H,25,26). The summed E-state index contributed by atoms with van der Waals surface area (Å²) >= 11 is 0. The Hall–Kier alpha value is -3.78. The highest BCUT2D eigenvalue weighted by Gasteiger charge is 2.29. The first-order valence-electron chi connectivity index (χ1n) is 8.96. The van der Waals surface area contributed by atoms with Crippen LogP contribution in [0.2, 0.25) is 0 Å². The highest BCUT2D eigenvalue weighted by molar-refractivity contribution is 5.95. The van der Waals surface area contributed by atoms with E-state index in [1.165, 1.54) is 0 Å². The zero-order valence-corrected chi connectivity index (χ0v) is 15.3. The summed E-state index contributed by atoms with van der Waals surface area (Å²) in [5.74, 6) is 1.91. The van der Waals surface area contributed by atoms with Crippen molar-refractivity contribution in [2.24, 2.45) is 0 Å². The maximum atomic E-state index is 12.6. The van der Waals surface area contributed by atoms with Crippen LogP contribution < -0.4 is 14.8 Å². The number of nitrogens with one attached hydrogen (secondary N) is 1. The minimum Gasteiger partial charge on any atom is -0.480 e. The van der Waals surface area contributed by atoms with Gasteiger partial charge in [0.1, 0.15) is 17.2 Å². The lowest BCUT2D eigenvalue weighted by molar-refractivity contribution is -0.122. The maximum Gasteiger partial charge on any atom is 0.265 e. The number of anilines is 1. The van der Waals surface area contributed by atoms with Gasteiger partial charge in [0, 0.05) is 12.1 Å². The summed E-state index contributed by atoms with van der Waals surface area (Å²) in [6.07, 6.45) is 0.0485. The molecule has 1 unspecified atom stereocenters. The maximum absolute atomic E-state index is 12.6. The molecule has 5 nitrogen and oxygen atoms in total. The number of benzene rings is 3. The summed E-state index contributed by atoms with van der Waals surface area (Å²) in [5, 5.41) is 11.8. The van der Waals surface area contributed by atoms with Gasteiger partial charge in [-0.25, -0.2) is 0 Å². The van der Waals surface area contributed by atoms with Crippen LogP contribution in [0.4, 0.5) is 5.69 Å². The van der Waals surface area contributed by atoms with E-state index in [1.54, 1.807) is 30.3 Å². The first-order chi connectivity index (χ1) is 13.6. The van der Waals surface area contributed by atoms with Crippen LogP contribution in [0.3, 0.4) is 0 Å². The summed E-state index contributed by atoms with van der Waals surface area (Å²) in [7, 11) is 0. The molecule has 1 aliphatic heterocycles. The molecule has 1 heterocycles. The number of fused-ring (bicyclic) bond motifs is 1. The molecule has 3 aromatic rings. The van der Waals surface area contributed by atoms with E-state index in [-0.39, 0.29) is 5.91 Å². The topological polar surface area (TPSA) is 71.3 Å². The SMILES string of the molecule is Cc1cc(Oc2ccc(C#N)cc2)ccc1NC(=O)C1Cc2ccccc2O1. The predicted octanol–water partition coefficient (Wildman–Crippen LogP) is 4.60. The molecule has 0 radical (unpaired) electrons. The van der Waals surface area contributed by atoms with E-state index in [9.17, 15) is 4.79 Å². The van der Waals surface area contributed by atoms with Crippen molar-refractivity contribution in [1.29, 1.82) is 5.26 Å². The van der Waals surface area contributed by atoms with Crippen molar-refractivity contribution in [2.45, 2.75) is 19.4 Å². The lowest BCUT2D eigenvalue weighted by atomic mass is 10.1.